The fourth-order valence-electron chi connectivity index (χ4n) is 4.81. The summed E-state index contributed by atoms with van der Waals surface area (Å²) in [5, 5.41) is 0. The first-order chi connectivity index (χ1) is 16.1. The third-order valence-electron chi connectivity index (χ3n) is 6.67. The molecule has 2 aromatic rings. The summed E-state index contributed by atoms with van der Waals surface area (Å²) in [4.78, 5) is 2.04. The first-order valence-electron chi connectivity index (χ1n) is 11.4. The zero-order valence-corrected chi connectivity index (χ0v) is 19.5. The molecule has 1 unspecified atom stereocenters. The molecule has 0 radical (unpaired) electrons. The Morgan fingerprint density at radius 1 is 1.09 bits per heavy atom. The fraction of sp³-hybridized carbons (Fsp3) is 0.400. The van der Waals surface area contributed by atoms with Crippen molar-refractivity contribution in [2.24, 2.45) is 4.40 Å². The van der Waals surface area contributed by atoms with Crippen LogP contribution in [0.15, 0.2) is 52.4 Å². The Morgan fingerprint density at radius 3 is 2.50 bits per heavy atom. The van der Waals surface area contributed by atoms with Crippen molar-refractivity contribution in [1.82, 2.24) is 4.90 Å². The number of benzene rings is 2. The molecule has 9 heteroatoms. The van der Waals surface area contributed by atoms with Gasteiger partial charge in [0.25, 0.3) is 10.0 Å². The lowest BCUT2D eigenvalue weighted by atomic mass is 9.89. The van der Waals surface area contributed by atoms with Crippen molar-refractivity contribution in [2.75, 3.05) is 18.8 Å². The van der Waals surface area contributed by atoms with Gasteiger partial charge in [-0.15, -0.1) is 4.40 Å². The summed E-state index contributed by atoms with van der Waals surface area (Å²) < 4.78 is 74.5. The fourth-order valence-corrected chi connectivity index (χ4v) is 5.88. The van der Waals surface area contributed by atoms with Crippen LogP contribution in [0.4, 0.5) is 13.2 Å². The highest BCUT2D eigenvalue weighted by atomic mass is 32.2. The molecule has 1 fully saturated rings. The summed E-state index contributed by atoms with van der Waals surface area (Å²) in [5.74, 6) is 1.38. The summed E-state index contributed by atoms with van der Waals surface area (Å²) >= 11 is 0. The van der Waals surface area contributed by atoms with Gasteiger partial charge in [-0.3, -0.25) is 0 Å². The van der Waals surface area contributed by atoms with Crippen molar-refractivity contribution in [3.63, 3.8) is 0 Å². The van der Waals surface area contributed by atoms with E-state index in [0.717, 1.165) is 48.6 Å². The van der Waals surface area contributed by atoms with E-state index in [-0.39, 0.29) is 17.2 Å². The molecule has 0 saturated carbocycles. The molecule has 1 saturated heterocycles. The van der Waals surface area contributed by atoms with Gasteiger partial charge in [0.2, 0.25) is 0 Å². The van der Waals surface area contributed by atoms with Crippen molar-refractivity contribution in [3.8, 4) is 11.5 Å². The van der Waals surface area contributed by atoms with Crippen LogP contribution in [0, 0.1) is 0 Å². The van der Waals surface area contributed by atoms with Gasteiger partial charge in [0.05, 0.1) is 11.3 Å². The SMILES string of the molecule is CCC1=C(c2cc(Oc3ccc(C4CCCN5CCS(=O)(=O)N=C45)cc3)ccc2C(F)(F)F)C1. The second kappa shape index (κ2) is 8.45. The van der Waals surface area contributed by atoms with Gasteiger partial charge in [0, 0.05) is 19.0 Å². The van der Waals surface area contributed by atoms with Gasteiger partial charge in [-0.25, -0.2) is 8.42 Å². The third-order valence-corrected chi connectivity index (χ3v) is 7.83. The maximum Gasteiger partial charge on any atom is 0.417 e. The van der Waals surface area contributed by atoms with Crippen LogP contribution >= 0.6 is 0 Å². The molecule has 2 aliphatic heterocycles. The molecule has 0 aromatic heterocycles. The molecule has 1 aliphatic carbocycles. The lowest BCUT2D eigenvalue weighted by Gasteiger charge is -2.37. The Bertz CT molecular complexity index is 1280. The molecular formula is C25H25F3N2O3S. The van der Waals surface area contributed by atoms with E-state index in [1.807, 2.05) is 24.0 Å². The van der Waals surface area contributed by atoms with Crippen LogP contribution in [0.1, 0.15) is 55.2 Å². The number of rotatable bonds is 5. The number of allylic oxidation sites excluding steroid dienone is 2. The van der Waals surface area contributed by atoms with Crippen molar-refractivity contribution in [3.05, 3.63) is 64.7 Å². The molecule has 34 heavy (non-hydrogen) atoms. The van der Waals surface area contributed by atoms with Gasteiger partial charge in [0.15, 0.2) is 0 Å². The molecule has 180 valence electrons. The Labute approximate surface area is 197 Å². The number of nitrogens with zero attached hydrogens (tertiary/aromatic N) is 2. The average Bonchev–Trinajstić information content (AvgIpc) is 3.58. The first kappa shape index (κ1) is 23.0. The minimum atomic E-state index is -4.42. The number of alkyl halides is 3. The Morgan fingerprint density at radius 2 is 1.82 bits per heavy atom. The molecule has 0 N–H and O–H groups in total. The largest absolute Gasteiger partial charge is 0.457 e. The van der Waals surface area contributed by atoms with E-state index in [1.54, 1.807) is 12.1 Å². The zero-order valence-electron chi connectivity index (χ0n) is 18.7. The lowest BCUT2D eigenvalue weighted by molar-refractivity contribution is -0.137. The highest BCUT2D eigenvalue weighted by molar-refractivity contribution is 7.90. The Hall–Kier alpha value is -2.81. The normalized spacial score (nSPS) is 21.7. The van der Waals surface area contributed by atoms with E-state index in [9.17, 15) is 21.6 Å². The zero-order chi connectivity index (χ0) is 24.1. The number of amidine groups is 1. The van der Waals surface area contributed by atoms with Crippen LogP contribution in [0.2, 0.25) is 0 Å². The quantitative estimate of drug-likeness (QED) is 0.517. The van der Waals surface area contributed by atoms with Crippen molar-refractivity contribution < 1.29 is 26.3 Å². The summed E-state index contributed by atoms with van der Waals surface area (Å²) in [6, 6.07) is 11.2. The van der Waals surface area contributed by atoms with Gasteiger partial charge in [0.1, 0.15) is 17.3 Å². The minimum Gasteiger partial charge on any atom is -0.457 e. The van der Waals surface area contributed by atoms with E-state index >= 15 is 0 Å². The summed E-state index contributed by atoms with van der Waals surface area (Å²) in [6.07, 6.45) is -1.32. The summed E-state index contributed by atoms with van der Waals surface area (Å²) in [5.41, 5.74) is 2.29. The molecule has 0 amide bonds. The highest BCUT2D eigenvalue weighted by Crippen LogP contribution is 2.48. The van der Waals surface area contributed by atoms with E-state index in [2.05, 4.69) is 4.40 Å². The number of piperidine rings is 1. The molecular weight excluding hydrogens is 465 g/mol. The Kier molecular flexibility index (Phi) is 5.70. The molecule has 2 heterocycles. The predicted molar refractivity (Wildman–Crippen MR) is 125 cm³/mol. The lowest BCUT2D eigenvalue weighted by Crippen LogP contribution is -2.46. The molecule has 5 nitrogen and oxygen atoms in total. The summed E-state index contributed by atoms with van der Waals surface area (Å²) in [6.45, 7) is 3.21. The number of hydrogen-bond donors (Lipinski definition) is 0. The topological polar surface area (TPSA) is 59.0 Å². The van der Waals surface area contributed by atoms with Crippen LogP contribution in [-0.2, 0) is 16.2 Å². The average molecular weight is 491 g/mol. The second-order valence-corrected chi connectivity index (χ2v) is 10.7. The van der Waals surface area contributed by atoms with E-state index < -0.39 is 21.8 Å². The van der Waals surface area contributed by atoms with Crippen molar-refractivity contribution in [2.45, 2.75) is 44.7 Å². The maximum absolute atomic E-state index is 13.5. The van der Waals surface area contributed by atoms with Crippen LogP contribution in [0.3, 0.4) is 0 Å². The van der Waals surface area contributed by atoms with E-state index in [4.69, 9.17) is 4.74 Å². The summed E-state index contributed by atoms with van der Waals surface area (Å²) in [7, 11) is -3.43. The molecule has 1 atom stereocenters. The van der Waals surface area contributed by atoms with Crippen molar-refractivity contribution >= 4 is 21.4 Å². The smallest absolute Gasteiger partial charge is 0.417 e. The second-order valence-electron chi connectivity index (χ2n) is 8.91. The van der Waals surface area contributed by atoms with E-state index in [1.165, 1.54) is 12.1 Å². The first-order valence-corrected chi connectivity index (χ1v) is 13.0. The number of hydrogen-bond acceptors (Lipinski definition) is 4. The van der Waals surface area contributed by atoms with Crippen LogP contribution < -0.4 is 4.74 Å². The monoisotopic (exact) mass is 490 g/mol. The molecule has 0 spiro atoms. The number of sulfonamides is 1. The predicted octanol–water partition coefficient (Wildman–Crippen LogP) is 5.99. The molecule has 3 aliphatic rings. The van der Waals surface area contributed by atoms with Crippen LogP contribution in [0.5, 0.6) is 11.5 Å². The molecule has 5 rings (SSSR count). The number of fused-ring (bicyclic) bond motifs is 1. The van der Waals surface area contributed by atoms with Gasteiger partial charge in [-0.2, -0.15) is 13.2 Å². The third kappa shape index (κ3) is 4.58. The van der Waals surface area contributed by atoms with Crippen LogP contribution in [-0.4, -0.2) is 38.0 Å². The van der Waals surface area contributed by atoms with Crippen LogP contribution in [0.25, 0.3) is 5.57 Å². The number of halogens is 3. The maximum atomic E-state index is 13.5. The van der Waals surface area contributed by atoms with Gasteiger partial charge < -0.3 is 9.64 Å². The molecule has 2 aromatic carbocycles. The van der Waals surface area contributed by atoms with E-state index in [0.29, 0.717) is 30.3 Å². The minimum absolute atomic E-state index is 0.0434. The highest BCUT2D eigenvalue weighted by Gasteiger charge is 2.37. The Balaban J connectivity index is 1.38. The standard InChI is InChI=1S/C25H25F3N2O3S/c1-2-16-14-21(16)22-15-19(9-10-23(22)25(26,27)28)33-18-7-5-17(6-8-18)20-4-3-11-30-12-13-34(31,32)29-24(20)30/h5-10,15,20H,2-4,11-14H2,1H3. The van der Waals surface area contributed by atoms with Gasteiger partial charge >= 0.3 is 6.18 Å². The van der Waals surface area contributed by atoms with Gasteiger partial charge in [-0.1, -0.05) is 24.6 Å². The van der Waals surface area contributed by atoms with Crippen molar-refractivity contribution in [1.29, 1.82) is 0 Å². The van der Waals surface area contributed by atoms with Gasteiger partial charge in [-0.05, 0) is 72.7 Å². The molecule has 0 bridgehead atoms. The number of ether oxygens (including phenoxy) is 1.